The van der Waals surface area contributed by atoms with Crippen LogP contribution in [0.4, 0.5) is 0 Å². The van der Waals surface area contributed by atoms with Gasteiger partial charge >= 0.3 is 0 Å². The largest absolute Gasteiger partial charge is 0.486 e. The Morgan fingerprint density at radius 1 is 1.37 bits per heavy atom. The van der Waals surface area contributed by atoms with Crippen molar-refractivity contribution < 1.29 is 13.2 Å². The van der Waals surface area contributed by atoms with E-state index in [1.54, 1.807) is 24.3 Å². The van der Waals surface area contributed by atoms with Gasteiger partial charge in [0.05, 0.1) is 6.04 Å². The van der Waals surface area contributed by atoms with E-state index in [0.717, 1.165) is 19.5 Å². The number of ether oxygens (including phenoxy) is 1. The Kier molecular flexibility index (Phi) is 3.24. The van der Waals surface area contributed by atoms with E-state index in [4.69, 9.17) is 4.74 Å². The maximum absolute atomic E-state index is 12.3. The lowest BCUT2D eigenvalue weighted by molar-refractivity contribution is 0.185. The number of sulfonamides is 1. The van der Waals surface area contributed by atoms with Gasteiger partial charge in [-0.3, -0.25) is 4.90 Å². The summed E-state index contributed by atoms with van der Waals surface area (Å²) in [7, 11) is -3.47. The van der Waals surface area contributed by atoms with Crippen molar-refractivity contribution in [2.75, 3.05) is 19.6 Å². The molecule has 1 N–H and O–H groups in total. The van der Waals surface area contributed by atoms with Gasteiger partial charge in [-0.15, -0.1) is 0 Å². The molecule has 6 heteroatoms. The number of rotatable bonds is 2. The Balaban J connectivity index is 1.93. The highest BCUT2D eigenvalue weighted by Crippen LogP contribution is 2.30. The van der Waals surface area contributed by atoms with Crippen LogP contribution < -0.4 is 9.46 Å². The summed E-state index contributed by atoms with van der Waals surface area (Å²) in [5.74, 6) is 0.459. The summed E-state index contributed by atoms with van der Waals surface area (Å²) in [4.78, 5) is 2.48. The van der Waals surface area contributed by atoms with Crippen LogP contribution in [0.1, 0.15) is 13.3 Å². The van der Waals surface area contributed by atoms with Crippen LogP contribution in [0.25, 0.3) is 0 Å². The number of nitrogens with one attached hydrogen (secondary N) is 1. The van der Waals surface area contributed by atoms with Crippen LogP contribution in [0.3, 0.4) is 0 Å². The number of hydrogen-bond acceptors (Lipinski definition) is 4. The van der Waals surface area contributed by atoms with E-state index in [2.05, 4.69) is 16.5 Å². The van der Waals surface area contributed by atoms with Crippen molar-refractivity contribution >= 4 is 10.0 Å². The molecule has 5 nitrogen and oxygen atoms in total. The SMILES string of the molecule is CCCN1CC2NS(=O)(=O)c3ccccc3OC2C1. The second-order valence-corrected chi connectivity index (χ2v) is 6.77. The molecule has 1 aromatic carbocycles. The van der Waals surface area contributed by atoms with Crippen molar-refractivity contribution in [3.05, 3.63) is 24.3 Å². The predicted molar refractivity (Wildman–Crippen MR) is 71.7 cm³/mol. The number of fused-ring (bicyclic) bond motifs is 2. The van der Waals surface area contributed by atoms with Crippen molar-refractivity contribution in [1.29, 1.82) is 0 Å². The summed E-state index contributed by atoms with van der Waals surface area (Å²) in [5, 5.41) is 0. The molecule has 2 aliphatic rings. The summed E-state index contributed by atoms with van der Waals surface area (Å²) in [5.41, 5.74) is 0. The van der Waals surface area contributed by atoms with E-state index in [9.17, 15) is 8.42 Å². The molecule has 2 aliphatic heterocycles. The van der Waals surface area contributed by atoms with Gasteiger partial charge in [0, 0.05) is 13.1 Å². The molecule has 0 bridgehead atoms. The third-order valence-electron chi connectivity index (χ3n) is 3.61. The van der Waals surface area contributed by atoms with Gasteiger partial charge in [0.15, 0.2) is 0 Å². The molecule has 1 saturated heterocycles. The molecule has 104 valence electrons. The van der Waals surface area contributed by atoms with E-state index in [1.165, 1.54) is 0 Å². The fourth-order valence-electron chi connectivity index (χ4n) is 2.78. The van der Waals surface area contributed by atoms with Crippen LogP contribution in [0, 0.1) is 0 Å². The topological polar surface area (TPSA) is 58.6 Å². The first-order valence-electron chi connectivity index (χ1n) is 6.60. The highest BCUT2D eigenvalue weighted by Gasteiger charge is 2.40. The zero-order valence-corrected chi connectivity index (χ0v) is 11.7. The average Bonchev–Trinajstić information content (AvgIpc) is 2.67. The van der Waals surface area contributed by atoms with Gasteiger partial charge in [-0.1, -0.05) is 19.1 Å². The summed E-state index contributed by atoms with van der Waals surface area (Å²) in [6.45, 7) is 4.58. The molecule has 0 aromatic heterocycles. The molecule has 2 atom stereocenters. The molecule has 0 spiro atoms. The molecular weight excluding hydrogens is 264 g/mol. The predicted octanol–water partition coefficient (Wildman–Crippen LogP) is 0.820. The fraction of sp³-hybridized carbons (Fsp3) is 0.538. The van der Waals surface area contributed by atoms with Gasteiger partial charge in [0.25, 0.3) is 0 Å². The summed E-state index contributed by atoms with van der Waals surface area (Å²) < 4.78 is 33.3. The number of nitrogens with zero attached hydrogens (tertiary/aromatic N) is 1. The first kappa shape index (κ1) is 12.9. The molecule has 19 heavy (non-hydrogen) atoms. The third kappa shape index (κ3) is 2.35. The normalized spacial score (nSPS) is 29.1. The van der Waals surface area contributed by atoms with Crippen molar-refractivity contribution in [2.24, 2.45) is 0 Å². The molecule has 1 aromatic rings. The van der Waals surface area contributed by atoms with E-state index in [-0.39, 0.29) is 17.0 Å². The third-order valence-corrected chi connectivity index (χ3v) is 5.13. The van der Waals surface area contributed by atoms with Crippen molar-refractivity contribution in [3.63, 3.8) is 0 Å². The Bertz CT molecular complexity index is 573. The Labute approximate surface area is 113 Å². The smallest absolute Gasteiger partial charge is 0.244 e. The number of hydrogen-bond donors (Lipinski definition) is 1. The molecule has 2 unspecified atom stereocenters. The second-order valence-electron chi connectivity index (χ2n) is 5.09. The highest BCUT2D eigenvalue weighted by atomic mass is 32.2. The van der Waals surface area contributed by atoms with Crippen LogP contribution in [0.15, 0.2) is 29.2 Å². The van der Waals surface area contributed by atoms with Gasteiger partial charge in [-0.2, -0.15) is 0 Å². The van der Waals surface area contributed by atoms with Crippen LogP contribution in [0.5, 0.6) is 5.75 Å². The van der Waals surface area contributed by atoms with E-state index >= 15 is 0 Å². The Morgan fingerprint density at radius 3 is 2.95 bits per heavy atom. The zero-order chi connectivity index (χ0) is 13.5. The van der Waals surface area contributed by atoms with Crippen LogP contribution in [-0.4, -0.2) is 45.1 Å². The zero-order valence-electron chi connectivity index (χ0n) is 10.9. The quantitative estimate of drug-likeness (QED) is 0.872. The Morgan fingerprint density at radius 2 is 2.16 bits per heavy atom. The van der Waals surface area contributed by atoms with Crippen molar-refractivity contribution in [2.45, 2.75) is 30.4 Å². The van der Waals surface area contributed by atoms with E-state index in [1.807, 2.05) is 0 Å². The monoisotopic (exact) mass is 282 g/mol. The van der Waals surface area contributed by atoms with Gasteiger partial charge < -0.3 is 4.74 Å². The molecule has 2 heterocycles. The fourth-order valence-corrected chi connectivity index (χ4v) is 4.17. The van der Waals surface area contributed by atoms with Gasteiger partial charge in [0.2, 0.25) is 10.0 Å². The summed E-state index contributed by atoms with van der Waals surface area (Å²) in [6, 6.07) is 6.66. The van der Waals surface area contributed by atoms with Crippen LogP contribution in [-0.2, 0) is 10.0 Å². The standard InChI is InChI=1S/C13H18N2O3S/c1-2-7-15-8-10-12(9-15)18-11-5-3-4-6-13(11)19(16,17)14-10/h3-6,10,12,14H,2,7-9H2,1H3. The second kappa shape index (κ2) is 4.77. The number of para-hydroxylation sites is 1. The lowest BCUT2D eigenvalue weighted by Gasteiger charge is -2.16. The maximum atomic E-state index is 12.3. The summed E-state index contributed by atoms with van der Waals surface area (Å²) >= 11 is 0. The molecule has 0 aliphatic carbocycles. The molecule has 3 rings (SSSR count). The molecule has 0 saturated carbocycles. The number of benzene rings is 1. The average molecular weight is 282 g/mol. The molecule has 0 radical (unpaired) electrons. The van der Waals surface area contributed by atoms with E-state index < -0.39 is 10.0 Å². The number of likely N-dealkylation sites (tertiary alicyclic amines) is 1. The Hall–Kier alpha value is -1.11. The first-order valence-corrected chi connectivity index (χ1v) is 8.09. The lowest BCUT2D eigenvalue weighted by atomic mass is 10.2. The van der Waals surface area contributed by atoms with Crippen molar-refractivity contribution in [1.82, 2.24) is 9.62 Å². The minimum Gasteiger partial charge on any atom is -0.486 e. The first-order chi connectivity index (χ1) is 9.10. The van der Waals surface area contributed by atoms with Crippen LogP contribution >= 0.6 is 0 Å². The maximum Gasteiger partial charge on any atom is 0.244 e. The minimum atomic E-state index is -3.47. The highest BCUT2D eigenvalue weighted by molar-refractivity contribution is 7.89. The van der Waals surface area contributed by atoms with Gasteiger partial charge in [-0.05, 0) is 25.1 Å². The van der Waals surface area contributed by atoms with Gasteiger partial charge in [0.1, 0.15) is 16.7 Å². The minimum absolute atomic E-state index is 0.107. The molecule has 1 fully saturated rings. The van der Waals surface area contributed by atoms with Crippen molar-refractivity contribution in [3.8, 4) is 5.75 Å². The molecular formula is C13H18N2O3S. The summed E-state index contributed by atoms with van der Waals surface area (Å²) in [6.07, 6.45) is 0.952. The molecule has 0 amide bonds. The van der Waals surface area contributed by atoms with Crippen LogP contribution in [0.2, 0.25) is 0 Å². The van der Waals surface area contributed by atoms with E-state index in [0.29, 0.717) is 12.3 Å². The lowest BCUT2D eigenvalue weighted by Crippen LogP contribution is -2.42. The van der Waals surface area contributed by atoms with Gasteiger partial charge in [-0.25, -0.2) is 13.1 Å².